The molecule has 0 amide bonds. The zero-order valence-electron chi connectivity index (χ0n) is 51.9. The first-order chi connectivity index (χ1) is 41.1. The van der Waals surface area contributed by atoms with Crippen molar-refractivity contribution in [1.29, 1.82) is 0 Å². The van der Waals surface area contributed by atoms with Gasteiger partial charge in [0.05, 0.1) is 43.0 Å². The van der Waals surface area contributed by atoms with Gasteiger partial charge in [0.2, 0.25) is 0 Å². The van der Waals surface area contributed by atoms with E-state index in [0.717, 1.165) is 89.9 Å². The van der Waals surface area contributed by atoms with Crippen molar-refractivity contribution in [1.82, 2.24) is 0 Å². The number of carbonyl (C=O) groups excluding carboxylic acids is 3. The van der Waals surface area contributed by atoms with Crippen molar-refractivity contribution in [3.05, 3.63) is 0 Å². The molecule has 0 radical (unpaired) electrons. The first-order valence-corrected chi connectivity index (χ1v) is 32.3. The zero-order valence-corrected chi connectivity index (χ0v) is 51.9. The molecule has 0 saturated carbocycles. The molecule has 9 N–H and O–H groups in total. The Hall–Kier alpha value is -2.35. The third-order valence-electron chi connectivity index (χ3n) is 17.7. The first kappa shape index (κ1) is 72.7. The smallest absolute Gasteiger partial charge is 0.309 e. The van der Waals surface area contributed by atoms with E-state index in [2.05, 4.69) is 13.8 Å². The molecule has 0 aromatic rings. The standard InChI is InChI=1S/C61H106O25/c1-9-12-14-15-17-21-26-30-40(64)81-55-54(86-57-46(70)43(67)41(65)33(5)74-57)51(83-58-47(71)45(69)49(34(6)75-58)82-56(73)32(4)11-3)36(8)77-61(55)84-50-35(7)76-59-48(72)52(50)80-39(63)29-25-22-19-16-18-20-24-28-37(27-23-13-10-2)78-60-53(85-59)44(68)42(66)38(31-62)79-60/h32-38,41-55,57-62,65-72H,9-31H2,1-8H3/t32?,33-,34+,35+,36+,37+,38-,41-,42-,43+,44+,45+,46+,47-,48-,49+,50+,51+,52+,53-,54-,55-,57-,58+,59+,60-,61+/m1/s1. The Bertz CT molecular complexity index is 1970. The lowest BCUT2D eigenvalue weighted by molar-refractivity contribution is -0.400. The summed E-state index contributed by atoms with van der Waals surface area (Å²) in [4.78, 5) is 41.2. The van der Waals surface area contributed by atoms with Crippen LogP contribution in [0.25, 0.3) is 0 Å². The van der Waals surface area contributed by atoms with E-state index in [1.807, 2.05) is 0 Å². The Morgan fingerprint density at radius 3 is 1.74 bits per heavy atom. The highest BCUT2D eigenvalue weighted by atomic mass is 16.8. The highest BCUT2D eigenvalue weighted by molar-refractivity contribution is 5.72. The van der Waals surface area contributed by atoms with Crippen molar-refractivity contribution in [2.75, 3.05) is 6.61 Å². The minimum Gasteiger partial charge on any atom is -0.457 e. The van der Waals surface area contributed by atoms with Gasteiger partial charge in [0.25, 0.3) is 0 Å². The molecule has 0 aliphatic carbocycles. The molecule has 2 bridgehead atoms. The predicted octanol–water partition coefficient (Wildman–Crippen LogP) is 3.52. The van der Waals surface area contributed by atoms with E-state index in [9.17, 15) is 60.3 Å². The Kier molecular flexibility index (Phi) is 30.5. The van der Waals surface area contributed by atoms with Gasteiger partial charge >= 0.3 is 17.9 Å². The van der Waals surface area contributed by atoms with Gasteiger partial charge in [-0.15, -0.1) is 0 Å². The number of fused-ring (bicyclic) bond motifs is 3. The van der Waals surface area contributed by atoms with E-state index < -0.39 is 184 Å². The summed E-state index contributed by atoms with van der Waals surface area (Å²) in [7, 11) is 0. The van der Waals surface area contributed by atoms with Gasteiger partial charge in [0.15, 0.2) is 49.8 Å². The van der Waals surface area contributed by atoms with Crippen molar-refractivity contribution in [2.24, 2.45) is 5.92 Å². The number of ether oxygens (including phenoxy) is 13. The summed E-state index contributed by atoms with van der Waals surface area (Å²) in [5, 5.41) is 102. The Balaban J connectivity index is 1.37. The van der Waals surface area contributed by atoms with Gasteiger partial charge in [-0.25, -0.2) is 0 Å². The number of aliphatic hydroxyl groups is 9. The number of aliphatic hydroxyl groups excluding tert-OH is 9. The maximum absolute atomic E-state index is 14.3. The van der Waals surface area contributed by atoms with Gasteiger partial charge in [0, 0.05) is 12.8 Å². The van der Waals surface area contributed by atoms with Crippen molar-refractivity contribution < 1.29 is 122 Å². The topological polar surface area (TPSA) is 353 Å². The van der Waals surface area contributed by atoms with Crippen LogP contribution in [0.5, 0.6) is 0 Å². The van der Waals surface area contributed by atoms with Crippen molar-refractivity contribution in [3.8, 4) is 0 Å². The van der Waals surface area contributed by atoms with Crippen LogP contribution >= 0.6 is 0 Å². The molecule has 6 heterocycles. The third-order valence-corrected chi connectivity index (χ3v) is 17.7. The largest absolute Gasteiger partial charge is 0.457 e. The second-order valence-electron chi connectivity index (χ2n) is 24.6. The number of carbonyl (C=O) groups is 3. The molecular weight excluding hydrogens is 1130 g/mol. The highest BCUT2D eigenvalue weighted by Crippen LogP contribution is 2.39. The zero-order chi connectivity index (χ0) is 62.8. The molecule has 86 heavy (non-hydrogen) atoms. The molecule has 25 heteroatoms. The molecule has 6 aliphatic rings. The molecule has 0 spiro atoms. The summed E-state index contributed by atoms with van der Waals surface area (Å²) in [5.74, 6) is -2.63. The number of hydrogen-bond acceptors (Lipinski definition) is 25. The van der Waals surface area contributed by atoms with E-state index >= 15 is 0 Å². The van der Waals surface area contributed by atoms with Crippen LogP contribution in [-0.2, 0) is 76.0 Å². The molecule has 0 aromatic heterocycles. The van der Waals surface area contributed by atoms with Gasteiger partial charge in [-0.1, -0.05) is 124 Å². The molecule has 6 aliphatic heterocycles. The average Bonchev–Trinajstić information content (AvgIpc) is 2.26. The Morgan fingerprint density at radius 1 is 0.500 bits per heavy atom. The normalized spacial score (nSPS) is 42.0. The molecule has 6 rings (SSSR count). The van der Waals surface area contributed by atoms with Crippen molar-refractivity contribution in [2.45, 2.75) is 356 Å². The van der Waals surface area contributed by atoms with E-state index in [1.165, 1.54) is 27.7 Å². The quantitative estimate of drug-likeness (QED) is 0.0401. The fourth-order valence-corrected chi connectivity index (χ4v) is 12.0. The van der Waals surface area contributed by atoms with Crippen LogP contribution in [0, 0.1) is 5.92 Å². The first-order valence-electron chi connectivity index (χ1n) is 32.3. The molecule has 27 atom stereocenters. The lowest BCUT2D eigenvalue weighted by Crippen LogP contribution is -2.68. The molecule has 6 saturated heterocycles. The average molecular weight is 1240 g/mol. The monoisotopic (exact) mass is 1240 g/mol. The summed E-state index contributed by atoms with van der Waals surface area (Å²) >= 11 is 0. The van der Waals surface area contributed by atoms with Crippen LogP contribution in [0.2, 0.25) is 0 Å². The Labute approximate surface area is 507 Å². The Morgan fingerprint density at radius 2 is 1.07 bits per heavy atom. The van der Waals surface area contributed by atoms with Crippen LogP contribution in [0.3, 0.4) is 0 Å². The van der Waals surface area contributed by atoms with Crippen LogP contribution in [0.15, 0.2) is 0 Å². The summed E-state index contributed by atoms with van der Waals surface area (Å²) in [5.41, 5.74) is 0. The second-order valence-corrected chi connectivity index (χ2v) is 24.6. The predicted molar refractivity (Wildman–Crippen MR) is 303 cm³/mol. The molecule has 1 unspecified atom stereocenters. The summed E-state index contributed by atoms with van der Waals surface area (Å²) in [6.45, 7) is 13.0. The maximum Gasteiger partial charge on any atom is 0.309 e. The lowest BCUT2D eigenvalue weighted by Gasteiger charge is -2.51. The van der Waals surface area contributed by atoms with E-state index in [-0.39, 0.29) is 18.9 Å². The van der Waals surface area contributed by atoms with E-state index in [1.54, 1.807) is 13.8 Å². The van der Waals surface area contributed by atoms with Gasteiger partial charge in [-0.2, -0.15) is 0 Å². The summed E-state index contributed by atoms with van der Waals surface area (Å²) in [6.07, 6.45) is -23.6. The van der Waals surface area contributed by atoms with Gasteiger partial charge < -0.3 is 108 Å². The minimum atomic E-state index is -1.92. The fourth-order valence-electron chi connectivity index (χ4n) is 12.0. The molecule has 0 aromatic carbocycles. The van der Waals surface area contributed by atoms with Crippen molar-refractivity contribution >= 4 is 17.9 Å². The van der Waals surface area contributed by atoms with Gasteiger partial charge in [-0.05, 0) is 59.8 Å². The summed E-state index contributed by atoms with van der Waals surface area (Å²) < 4.78 is 82.1. The van der Waals surface area contributed by atoms with E-state index in [0.29, 0.717) is 38.5 Å². The maximum atomic E-state index is 14.3. The van der Waals surface area contributed by atoms with Crippen LogP contribution in [0.4, 0.5) is 0 Å². The molecular formula is C61H106O25. The second kappa shape index (κ2) is 36.0. The minimum absolute atomic E-state index is 0.0488. The highest BCUT2D eigenvalue weighted by Gasteiger charge is 2.59. The van der Waals surface area contributed by atoms with Crippen LogP contribution in [0.1, 0.15) is 197 Å². The lowest BCUT2D eigenvalue weighted by atomic mass is 9.95. The molecule has 25 nitrogen and oxygen atoms in total. The van der Waals surface area contributed by atoms with Gasteiger partial charge in [0.1, 0.15) is 79.4 Å². The molecule has 6 fully saturated rings. The number of esters is 3. The summed E-state index contributed by atoms with van der Waals surface area (Å²) in [6, 6.07) is 0. The SMILES string of the molecule is CCCCCCCCCC(=O)O[C@H]1[C@H](O[C@@H]2[C@H]3OC(=O)CCCCCCCCC[C@H](CCCCC)O[C@@H]4O[C@H](CO)[C@@H](O)[C@H](O)[C@H]4O[C@H](O[C@H]2C)[C@@H]3O)O[C@@H](C)[C@H](O[C@@H]2O[C@@H](C)[C@H](OC(=O)C(C)CC)[C@@H](O)[C@H]2O)[C@H]1O[C@H]1O[C@H](C)[C@@H](O)[C@H](O)[C@@H]1O. The number of unbranched alkanes of at least 4 members (excludes halogenated alkanes) is 8. The van der Waals surface area contributed by atoms with Crippen molar-refractivity contribution in [3.63, 3.8) is 0 Å². The van der Waals surface area contributed by atoms with Crippen LogP contribution < -0.4 is 0 Å². The number of hydrogen-bond donors (Lipinski definition) is 9. The number of rotatable bonds is 23. The molecule has 500 valence electrons. The van der Waals surface area contributed by atoms with Crippen LogP contribution in [-0.4, -0.2) is 230 Å². The fraction of sp³-hybridized carbons (Fsp3) is 0.951. The third kappa shape index (κ3) is 19.8. The van der Waals surface area contributed by atoms with E-state index in [4.69, 9.17) is 61.6 Å². The van der Waals surface area contributed by atoms with Gasteiger partial charge in [-0.3, -0.25) is 14.4 Å².